The molecule has 0 bridgehead atoms. The van der Waals surface area contributed by atoms with Crippen molar-refractivity contribution < 1.29 is 90.7 Å². The largest absolute Gasteiger partial charge is 0.465 e. The summed E-state index contributed by atoms with van der Waals surface area (Å²) in [6, 6.07) is 51.6. The predicted molar refractivity (Wildman–Crippen MR) is 397 cm³/mol. The molecule has 6 amide bonds. The lowest BCUT2D eigenvalue weighted by molar-refractivity contribution is -0.174. The molecule has 0 atom stereocenters. The Morgan fingerprint density at radius 1 is 0.228 bits per heavy atom. The maximum atomic E-state index is 13.7. The maximum absolute atomic E-state index is 13.7. The number of esters is 6. The number of ether oxygens (including phenoxy) is 7. The number of para-hydroxylation sites is 6. The van der Waals surface area contributed by atoms with Gasteiger partial charge in [0.2, 0.25) is 0 Å². The van der Waals surface area contributed by atoms with E-state index in [1.807, 2.05) is 0 Å². The number of amides is 6. The van der Waals surface area contributed by atoms with Gasteiger partial charge in [0.05, 0.1) is 62.6 Å². The zero-order chi connectivity index (χ0) is 72.2. The van der Waals surface area contributed by atoms with E-state index in [1.165, 1.54) is 0 Å². The van der Waals surface area contributed by atoms with Gasteiger partial charge >= 0.3 is 35.8 Å². The summed E-state index contributed by atoms with van der Waals surface area (Å²) < 4.78 is 41.5. The Labute approximate surface area is 609 Å². The summed E-state index contributed by atoms with van der Waals surface area (Å²) >= 11 is 4.77. The van der Waals surface area contributed by atoms with Crippen molar-refractivity contribution in [3.8, 4) is 0 Å². The molecular weight excluding hydrogens is 1420 g/mol. The van der Waals surface area contributed by atoms with Gasteiger partial charge < -0.3 is 65.1 Å². The molecule has 0 radical (unpaired) electrons. The zero-order valence-electron chi connectivity index (χ0n) is 54.7. The highest BCUT2D eigenvalue weighted by atomic mass is 32.2. The fourth-order valence-electron chi connectivity index (χ4n) is 8.23. The SMILES string of the molecule is O=C(CCSC(=O)Nc1ccccc1)OCC(COCC(COC(=O)CCSC(=O)Nc1ccccc1)(COC(=O)CCSC(=O)Nc1ccccc1)COC(=O)CCSC(=O)Nc1ccccc1)(COC(=O)CCSC(=O)Nc1ccccc1)COC(=O)CCSC(=O)Nc1ccccc1. The van der Waals surface area contributed by atoms with Crippen LogP contribution in [-0.4, -0.2) is 155 Å². The minimum Gasteiger partial charge on any atom is -0.465 e. The van der Waals surface area contributed by atoms with Crippen LogP contribution in [0.1, 0.15) is 38.5 Å². The van der Waals surface area contributed by atoms with E-state index < -0.39 is 131 Å². The molecule has 101 heavy (non-hydrogen) atoms. The monoisotopic (exact) mass is 1500 g/mol. The molecule has 0 aliphatic rings. The van der Waals surface area contributed by atoms with E-state index in [0.717, 1.165) is 70.6 Å². The molecule has 6 aromatic rings. The van der Waals surface area contributed by atoms with Crippen molar-refractivity contribution in [3.05, 3.63) is 182 Å². The van der Waals surface area contributed by atoms with Crippen LogP contribution in [0, 0.1) is 10.8 Å². The van der Waals surface area contributed by atoms with Crippen LogP contribution < -0.4 is 31.9 Å². The van der Waals surface area contributed by atoms with Crippen LogP contribution in [0.3, 0.4) is 0 Å². The standard InChI is InChI=1S/C70H76N6O19S6/c77-57(31-37-96-63(83)71-51-19-7-1-8-20-51)90-45-69(46-91-58(78)32-38-97-64(84)72-52-21-9-2-10-22-52,47-92-59(79)33-39-98-65(85)73-53-23-11-3-12-24-53)43-89-44-70(48-93-60(80)34-40-99-66(86)74-54-25-13-4-14-26-54,49-94-61(81)35-41-100-67(87)75-55-27-15-5-16-28-55)50-95-62(82)36-42-101-68(88)76-56-29-17-6-18-30-56/h1-30H,31-50H2,(H,71,83)(H,72,84)(H,73,85)(H,74,86)(H,75,87)(H,76,88). The Balaban J connectivity index is 1.27. The van der Waals surface area contributed by atoms with Crippen molar-refractivity contribution in [2.24, 2.45) is 10.8 Å². The molecule has 25 nitrogen and oxygen atoms in total. The Bertz CT molecular complexity index is 3020. The van der Waals surface area contributed by atoms with Crippen LogP contribution in [0.4, 0.5) is 62.9 Å². The molecule has 0 unspecified atom stereocenters. The van der Waals surface area contributed by atoms with Gasteiger partial charge in [0.15, 0.2) is 0 Å². The minimum absolute atomic E-state index is 0.0621. The highest BCUT2D eigenvalue weighted by Crippen LogP contribution is 2.29. The topological polar surface area (TPSA) is 342 Å². The van der Waals surface area contributed by atoms with Crippen LogP contribution >= 0.6 is 70.6 Å². The van der Waals surface area contributed by atoms with Crippen LogP contribution in [0.25, 0.3) is 0 Å². The number of carbonyl (C=O) groups excluding carboxylic acids is 12. The number of hydrogen-bond acceptors (Lipinski definition) is 25. The van der Waals surface area contributed by atoms with Gasteiger partial charge in [0.25, 0.3) is 31.4 Å². The molecule has 0 fully saturated rings. The quantitative estimate of drug-likeness (QED) is 0.0154. The second-order valence-electron chi connectivity index (χ2n) is 21.7. The average molecular weight is 1500 g/mol. The molecule has 6 N–H and O–H groups in total. The number of benzene rings is 6. The summed E-state index contributed by atoms with van der Waals surface area (Å²) in [6.45, 7) is -5.56. The second kappa shape index (κ2) is 46.4. The molecule has 0 aliphatic carbocycles. The highest BCUT2D eigenvalue weighted by Gasteiger charge is 2.41. The van der Waals surface area contributed by atoms with Gasteiger partial charge in [0.1, 0.15) is 39.6 Å². The lowest BCUT2D eigenvalue weighted by Crippen LogP contribution is -2.47. The van der Waals surface area contributed by atoms with Crippen molar-refractivity contribution >= 4 is 172 Å². The van der Waals surface area contributed by atoms with Gasteiger partial charge in [-0.15, -0.1) is 0 Å². The van der Waals surface area contributed by atoms with Crippen molar-refractivity contribution in [3.63, 3.8) is 0 Å². The van der Waals surface area contributed by atoms with Crippen molar-refractivity contribution in [2.75, 3.05) is 119 Å². The van der Waals surface area contributed by atoms with Crippen LogP contribution in [0.5, 0.6) is 0 Å². The third-order valence-corrected chi connectivity index (χ3v) is 18.0. The van der Waals surface area contributed by atoms with Crippen molar-refractivity contribution in [1.82, 2.24) is 0 Å². The Kier molecular flexibility index (Phi) is 37.2. The molecule has 31 heteroatoms. The molecule has 6 aromatic carbocycles. The summed E-state index contributed by atoms with van der Waals surface area (Å²) in [5.41, 5.74) is -0.605. The van der Waals surface area contributed by atoms with E-state index in [1.54, 1.807) is 182 Å². The number of thioether (sulfide) groups is 6. The number of anilines is 6. The fourth-order valence-corrected chi connectivity index (χ4v) is 12.1. The summed E-state index contributed by atoms with van der Waals surface area (Å²) in [7, 11) is 0. The number of carbonyl (C=O) groups is 12. The second-order valence-corrected chi connectivity index (χ2v) is 28.1. The van der Waals surface area contributed by atoms with E-state index >= 15 is 0 Å². The van der Waals surface area contributed by atoms with E-state index in [0.29, 0.717) is 34.1 Å². The third-order valence-electron chi connectivity index (χ3n) is 13.4. The first-order valence-corrected chi connectivity index (χ1v) is 37.3. The molecule has 0 saturated heterocycles. The lowest BCUT2D eigenvalue weighted by atomic mass is 9.90. The van der Waals surface area contributed by atoms with Crippen molar-refractivity contribution in [1.29, 1.82) is 0 Å². The summed E-state index contributed by atoms with van der Waals surface area (Å²) in [4.78, 5) is 159. The fraction of sp³-hybridized carbons (Fsp3) is 0.314. The van der Waals surface area contributed by atoms with E-state index in [4.69, 9.17) is 33.2 Å². The molecular formula is C70H76N6O19S6. The van der Waals surface area contributed by atoms with E-state index in [9.17, 15) is 57.5 Å². The van der Waals surface area contributed by atoms with Crippen LogP contribution in [-0.2, 0) is 61.9 Å². The van der Waals surface area contributed by atoms with Gasteiger partial charge in [-0.25, -0.2) is 0 Å². The predicted octanol–water partition coefficient (Wildman–Crippen LogP) is 14.4. The molecule has 6 rings (SSSR count). The molecule has 0 spiro atoms. The van der Waals surface area contributed by atoms with Gasteiger partial charge in [-0.2, -0.15) is 0 Å². The average Bonchev–Trinajstić information content (AvgIpc) is 0.854. The van der Waals surface area contributed by atoms with Crippen LogP contribution in [0.2, 0.25) is 0 Å². The number of rotatable bonds is 40. The minimum atomic E-state index is -1.85. The lowest BCUT2D eigenvalue weighted by Gasteiger charge is -2.35. The van der Waals surface area contributed by atoms with E-state index in [-0.39, 0.29) is 73.0 Å². The van der Waals surface area contributed by atoms with Gasteiger partial charge in [0, 0.05) is 68.6 Å². The number of nitrogens with one attached hydrogen (secondary N) is 6. The highest BCUT2D eigenvalue weighted by molar-refractivity contribution is 8.15. The zero-order valence-corrected chi connectivity index (χ0v) is 59.6. The summed E-state index contributed by atoms with van der Waals surface area (Å²) in [6.07, 6.45) is -1.99. The Morgan fingerprint density at radius 3 is 0.525 bits per heavy atom. The third kappa shape index (κ3) is 35.3. The van der Waals surface area contributed by atoms with Crippen molar-refractivity contribution in [2.45, 2.75) is 38.5 Å². The maximum Gasteiger partial charge on any atom is 0.306 e. The molecule has 0 saturated carbocycles. The first kappa shape index (κ1) is 81.0. The summed E-state index contributed by atoms with van der Waals surface area (Å²) in [5, 5.41) is 13.5. The molecule has 0 aliphatic heterocycles. The summed E-state index contributed by atoms with van der Waals surface area (Å²) in [5.74, 6) is -5.48. The Hall–Kier alpha value is -8.98. The first-order valence-electron chi connectivity index (χ1n) is 31.4. The molecule has 0 heterocycles. The van der Waals surface area contributed by atoms with Crippen LogP contribution in [0.15, 0.2) is 182 Å². The first-order chi connectivity index (χ1) is 48.9. The molecule has 536 valence electrons. The normalized spacial score (nSPS) is 10.9. The van der Waals surface area contributed by atoms with Gasteiger partial charge in [-0.1, -0.05) is 180 Å². The van der Waals surface area contributed by atoms with Gasteiger partial charge in [-0.05, 0) is 72.8 Å². The smallest absolute Gasteiger partial charge is 0.306 e. The Morgan fingerprint density at radius 2 is 0.376 bits per heavy atom. The molecule has 0 aromatic heterocycles. The van der Waals surface area contributed by atoms with E-state index in [2.05, 4.69) is 31.9 Å². The number of hydrogen-bond donors (Lipinski definition) is 6. The van der Waals surface area contributed by atoms with Gasteiger partial charge in [-0.3, -0.25) is 57.5 Å².